The third kappa shape index (κ3) is 5.69. The number of carbonyl (C=O) groups is 2. The molecule has 0 bridgehead atoms. The normalized spacial score (nSPS) is 12.3. The molecule has 11 heteroatoms. The summed E-state index contributed by atoms with van der Waals surface area (Å²) in [5, 5.41) is 25.2. The van der Waals surface area contributed by atoms with Crippen LogP contribution in [0.3, 0.4) is 0 Å². The zero-order valence-corrected chi connectivity index (χ0v) is 18.2. The maximum Gasteiger partial charge on any atom is 0.252 e. The molecule has 2 amide bonds. The number of primary amides is 1. The van der Waals surface area contributed by atoms with Crippen molar-refractivity contribution in [1.82, 2.24) is 15.3 Å². The molecule has 0 aliphatic heterocycles. The van der Waals surface area contributed by atoms with Gasteiger partial charge in [-0.25, -0.2) is 9.97 Å². The first-order valence-electron chi connectivity index (χ1n) is 10.1. The zero-order valence-electron chi connectivity index (χ0n) is 18.2. The molecule has 2 atom stereocenters. The highest BCUT2D eigenvalue weighted by molar-refractivity contribution is 5.93. The van der Waals surface area contributed by atoms with E-state index in [2.05, 4.69) is 26.5 Å². The summed E-state index contributed by atoms with van der Waals surface area (Å²) in [7, 11) is 1.48. The molecule has 0 unspecified atom stereocenters. The first-order valence-corrected chi connectivity index (χ1v) is 10.1. The highest BCUT2D eigenvalue weighted by Gasteiger charge is 2.28. The van der Waals surface area contributed by atoms with E-state index in [-0.39, 0.29) is 13.2 Å². The molecule has 0 saturated carbocycles. The lowest BCUT2D eigenvalue weighted by Gasteiger charge is -2.16. The quantitative estimate of drug-likeness (QED) is 0.205. The predicted octanol–water partition coefficient (Wildman–Crippen LogP) is 0.0654. The summed E-state index contributed by atoms with van der Waals surface area (Å²) >= 11 is 0. The number of rotatable bonds is 10. The van der Waals surface area contributed by atoms with Crippen LogP contribution in [-0.4, -0.2) is 64.5 Å². The first kappa shape index (κ1) is 24.2. The largest absolute Gasteiger partial charge is 0.493 e. The number of benzene rings is 2. The van der Waals surface area contributed by atoms with Gasteiger partial charge in [0.1, 0.15) is 18.8 Å². The van der Waals surface area contributed by atoms with E-state index >= 15 is 0 Å². The number of aliphatic hydroxyl groups is 2. The maximum absolute atomic E-state index is 11.8. The Labute approximate surface area is 194 Å². The minimum Gasteiger partial charge on any atom is -0.493 e. The van der Waals surface area contributed by atoms with E-state index in [1.807, 2.05) is 18.2 Å². The van der Waals surface area contributed by atoms with Crippen LogP contribution in [-0.2, 0) is 9.59 Å². The van der Waals surface area contributed by atoms with Gasteiger partial charge in [0.05, 0.1) is 19.2 Å². The van der Waals surface area contributed by atoms with E-state index in [1.54, 1.807) is 18.2 Å². The summed E-state index contributed by atoms with van der Waals surface area (Å²) in [6.07, 6.45) is 2.90. The van der Waals surface area contributed by atoms with Gasteiger partial charge in [0.25, 0.3) is 5.91 Å². The number of hydrogen-bond acceptors (Lipinski definition) is 9. The number of aromatic nitrogens is 2. The Morgan fingerprint density at radius 2 is 1.97 bits per heavy atom. The Bertz CT molecular complexity index is 1240. The summed E-state index contributed by atoms with van der Waals surface area (Å²) in [5.74, 6) is 1.68. The summed E-state index contributed by atoms with van der Waals surface area (Å²) in [5.41, 5.74) is 6.93. The molecule has 176 valence electrons. The van der Waals surface area contributed by atoms with Crippen molar-refractivity contribution >= 4 is 34.2 Å². The lowest BCUT2D eigenvalue weighted by molar-refractivity contribution is -0.144. The average molecular weight is 465 g/mol. The minimum atomic E-state index is -2.01. The van der Waals surface area contributed by atoms with Crippen LogP contribution < -0.4 is 25.8 Å². The molecule has 2 aromatic carbocycles. The van der Waals surface area contributed by atoms with Gasteiger partial charge in [0.15, 0.2) is 23.7 Å². The Morgan fingerprint density at radius 1 is 1.18 bits per heavy atom. The molecule has 1 aromatic heterocycles. The van der Waals surface area contributed by atoms with Crippen molar-refractivity contribution in [3.63, 3.8) is 0 Å². The number of carbonyl (C=O) groups excluding carboxylic acids is 2. The molecule has 0 saturated heterocycles. The van der Waals surface area contributed by atoms with E-state index in [0.29, 0.717) is 33.8 Å². The van der Waals surface area contributed by atoms with Crippen molar-refractivity contribution in [2.75, 3.05) is 25.6 Å². The number of fused-ring (bicyclic) bond motifs is 1. The fraction of sp³-hybridized carbons (Fsp3) is 0.217. The van der Waals surface area contributed by atoms with Crippen LogP contribution in [0.1, 0.15) is 5.56 Å². The van der Waals surface area contributed by atoms with Crippen molar-refractivity contribution in [2.45, 2.75) is 12.2 Å². The third-order valence-corrected chi connectivity index (χ3v) is 4.73. The highest BCUT2D eigenvalue weighted by Crippen LogP contribution is 2.34. The fourth-order valence-electron chi connectivity index (χ4n) is 3.00. The van der Waals surface area contributed by atoms with Crippen LogP contribution in [0.25, 0.3) is 10.9 Å². The van der Waals surface area contributed by atoms with Crippen LogP contribution in [0.4, 0.5) is 11.5 Å². The van der Waals surface area contributed by atoms with E-state index in [9.17, 15) is 19.8 Å². The number of nitrogens with zero attached hydrogens (tertiary/aromatic N) is 2. The second-order valence-corrected chi connectivity index (χ2v) is 7.02. The topological polar surface area (TPSA) is 169 Å². The van der Waals surface area contributed by atoms with Gasteiger partial charge in [-0.1, -0.05) is 12.0 Å². The Kier molecular flexibility index (Phi) is 7.81. The van der Waals surface area contributed by atoms with Gasteiger partial charge in [-0.2, -0.15) is 0 Å². The van der Waals surface area contributed by atoms with Gasteiger partial charge in [-0.15, -0.1) is 6.42 Å². The average Bonchev–Trinajstić information content (AvgIpc) is 2.85. The number of hydrogen-bond donors (Lipinski definition) is 5. The van der Waals surface area contributed by atoms with E-state index < -0.39 is 24.0 Å². The molecule has 6 N–H and O–H groups in total. The van der Waals surface area contributed by atoms with Crippen molar-refractivity contribution in [3.8, 4) is 23.8 Å². The van der Waals surface area contributed by atoms with Crippen LogP contribution in [0.2, 0.25) is 0 Å². The molecule has 0 aliphatic carbocycles. The minimum absolute atomic E-state index is 0.00629. The fourth-order valence-corrected chi connectivity index (χ4v) is 3.00. The van der Waals surface area contributed by atoms with Gasteiger partial charge in [-0.3, -0.25) is 9.59 Å². The van der Waals surface area contributed by atoms with Crippen molar-refractivity contribution in [2.24, 2.45) is 5.73 Å². The molecular weight excluding hydrogens is 442 g/mol. The molecule has 34 heavy (non-hydrogen) atoms. The van der Waals surface area contributed by atoms with Crippen molar-refractivity contribution < 1.29 is 29.3 Å². The Morgan fingerprint density at radius 3 is 2.68 bits per heavy atom. The highest BCUT2D eigenvalue weighted by atomic mass is 16.5. The lowest BCUT2D eigenvalue weighted by Crippen LogP contribution is -2.48. The number of aliphatic hydroxyl groups excluding tert-OH is 2. The number of nitrogens with two attached hydrogens (primary N) is 1. The number of ether oxygens (including phenoxy) is 2. The van der Waals surface area contributed by atoms with Gasteiger partial charge < -0.3 is 36.1 Å². The maximum atomic E-state index is 11.8. The first-order chi connectivity index (χ1) is 16.3. The number of amides is 2. The van der Waals surface area contributed by atoms with Gasteiger partial charge >= 0.3 is 0 Å². The zero-order chi connectivity index (χ0) is 24.7. The molecule has 1 heterocycles. The molecule has 3 rings (SSSR count). The van der Waals surface area contributed by atoms with E-state index in [4.69, 9.17) is 21.6 Å². The van der Waals surface area contributed by atoms with Gasteiger partial charge in [0, 0.05) is 22.7 Å². The van der Waals surface area contributed by atoms with E-state index in [0.717, 1.165) is 5.69 Å². The number of terminal acetylenes is 1. The smallest absolute Gasteiger partial charge is 0.252 e. The van der Waals surface area contributed by atoms with Gasteiger partial charge in [0.2, 0.25) is 5.91 Å². The molecule has 0 radical (unpaired) electrons. The van der Waals surface area contributed by atoms with Gasteiger partial charge in [-0.05, 0) is 24.3 Å². The second kappa shape index (κ2) is 11.0. The monoisotopic (exact) mass is 465 g/mol. The van der Waals surface area contributed by atoms with Crippen LogP contribution in [0.15, 0.2) is 42.7 Å². The van der Waals surface area contributed by atoms with Crippen molar-refractivity contribution in [1.29, 1.82) is 0 Å². The van der Waals surface area contributed by atoms with Crippen LogP contribution >= 0.6 is 0 Å². The third-order valence-electron chi connectivity index (χ3n) is 4.73. The second-order valence-electron chi connectivity index (χ2n) is 7.02. The summed E-state index contributed by atoms with van der Waals surface area (Å²) in [6.45, 7) is -0.0362. The number of methoxy groups -OCH3 is 1. The molecule has 0 fully saturated rings. The number of nitrogens with one attached hydrogen (secondary N) is 2. The Hall–Kier alpha value is -4.40. The summed E-state index contributed by atoms with van der Waals surface area (Å²) < 4.78 is 11.1. The standard InChI is InChI=1S/C23H23N5O6/c1-3-13-5-4-6-14(9-13)28-22-15-10-18(17(33-2)11-16(15)26-12-27-22)34-8-7-25-23(32)20(30)19(29)21(24)31/h1,4-6,9-12,19-20,29-30H,7-8H2,2H3,(H2,24,31)(H,25,32)(H,26,27,28)/t19-,20-/m0/s1. The molecular formula is C23H23N5O6. The molecule has 0 spiro atoms. The van der Waals surface area contributed by atoms with E-state index in [1.165, 1.54) is 13.4 Å². The van der Waals surface area contributed by atoms with Crippen LogP contribution in [0.5, 0.6) is 11.5 Å². The summed E-state index contributed by atoms with van der Waals surface area (Å²) in [6, 6.07) is 10.7. The van der Waals surface area contributed by atoms with Crippen LogP contribution in [0, 0.1) is 12.3 Å². The summed E-state index contributed by atoms with van der Waals surface area (Å²) in [4.78, 5) is 31.3. The molecule has 0 aliphatic rings. The van der Waals surface area contributed by atoms with Crippen molar-refractivity contribution in [3.05, 3.63) is 48.3 Å². The lowest BCUT2D eigenvalue weighted by atomic mass is 10.2. The Balaban J connectivity index is 1.74. The number of anilines is 2. The SMILES string of the molecule is C#Cc1cccc(Nc2ncnc3cc(OC)c(OCCNC(=O)[C@@H](O)[C@H](O)C(N)=O)cc23)c1. The molecule has 11 nitrogen and oxygen atoms in total. The predicted molar refractivity (Wildman–Crippen MR) is 123 cm³/mol. The molecule has 3 aromatic rings.